The van der Waals surface area contributed by atoms with Crippen molar-refractivity contribution in [1.29, 1.82) is 0 Å². The fourth-order valence-electron chi connectivity index (χ4n) is 1.76. The highest BCUT2D eigenvalue weighted by atomic mass is 16.1. The third-order valence-corrected chi connectivity index (χ3v) is 2.55. The summed E-state index contributed by atoms with van der Waals surface area (Å²) in [6, 6.07) is 4.14. The molecule has 16 heavy (non-hydrogen) atoms. The van der Waals surface area contributed by atoms with Gasteiger partial charge in [0.15, 0.2) is 6.29 Å². The van der Waals surface area contributed by atoms with Crippen molar-refractivity contribution >= 4 is 12.1 Å². The van der Waals surface area contributed by atoms with Crippen molar-refractivity contribution in [2.45, 2.75) is 45.6 Å². The second-order valence-electron chi connectivity index (χ2n) is 4.01. The van der Waals surface area contributed by atoms with Crippen molar-refractivity contribution in [1.82, 2.24) is 4.98 Å². The van der Waals surface area contributed by atoms with Crippen LogP contribution in [0.1, 0.15) is 49.9 Å². The zero-order valence-corrected chi connectivity index (χ0v) is 10.1. The van der Waals surface area contributed by atoms with Gasteiger partial charge in [-0.05, 0) is 25.0 Å². The monoisotopic (exact) mass is 220 g/mol. The molecule has 0 aliphatic heterocycles. The molecule has 1 aromatic rings. The Morgan fingerprint density at radius 1 is 1.31 bits per heavy atom. The molecular weight excluding hydrogens is 200 g/mol. The molecule has 1 heterocycles. The topological polar surface area (TPSA) is 42.0 Å². The Balaban J connectivity index is 2.58. The number of hydrogen-bond acceptors (Lipinski definition) is 3. The lowest BCUT2D eigenvalue weighted by Crippen LogP contribution is -2.19. The fraction of sp³-hybridized carbons (Fsp3) is 0.538. The third-order valence-electron chi connectivity index (χ3n) is 2.55. The minimum atomic E-state index is 0.490. The Hall–Kier alpha value is -1.38. The van der Waals surface area contributed by atoms with Gasteiger partial charge >= 0.3 is 0 Å². The zero-order valence-electron chi connectivity index (χ0n) is 10.1. The minimum absolute atomic E-state index is 0.490. The lowest BCUT2D eigenvalue weighted by atomic mass is 10.1. The van der Waals surface area contributed by atoms with Crippen LogP contribution in [0.4, 0.5) is 5.82 Å². The van der Waals surface area contributed by atoms with E-state index in [0.717, 1.165) is 24.9 Å². The van der Waals surface area contributed by atoms with E-state index < -0.39 is 0 Å². The average molecular weight is 220 g/mol. The summed E-state index contributed by atoms with van der Waals surface area (Å²) in [4.78, 5) is 14.7. The first kappa shape index (κ1) is 12.7. The Kier molecular flexibility index (Phi) is 5.54. The molecule has 1 N–H and O–H groups in total. The van der Waals surface area contributed by atoms with Gasteiger partial charge in [-0.25, -0.2) is 4.98 Å². The van der Waals surface area contributed by atoms with E-state index in [0.29, 0.717) is 11.6 Å². The SMILES string of the molecule is CCCC(CCC)Nc1ccc(C=O)cn1. The van der Waals surface area contributed by atoms with Crippen LogP contribution in [-0.2, 0) is 0 Å². The van der Waals surface area contributed by atoms with Crippen molar-refractivity contribution in [2.24, 2.45) is 0 Å². The highest BCUT2D eigenvalue weighted by molar-refractivity contribution is 5.74. The van der Waals surface area contributed by atoms with Crippen LogP contribution in [-0.4, -0.2) is 17.3 Å². The highest BCUT2D eigenvalue weighted by Gasteiger charge is 2.06. The molecular formula is C13H20N2O. The van der Waals surface area contributed by atoms with Crippen molar-refractivity contribution in [3.8, 4) is 0 Å². The molecule has 0 amide bonds. The Morgan fingerprint density at radius 2 is 2.00 bits per heavy atom. The van der Waals surface area contributed by atoms with E-state index in [4.69, 9.17) is 0 Å². The maximum absolute atomic E-state index is 10.5. The van der Waals surface area contributed by atoms with Gasteiger partial charge in [0.1, 0.15) is 5.82 Å². The van der Waals surface area contributed by atoms with Gasteiger partial charge < -0.3 is 5.32 Å². The second-order valence-corrected chi connectivity index (χ2v) is 4.01. The van der Waals surface area contributed by atoms with Gasteiger partial charge in [0.05, 0.1) is 0 Å². The van der Waals surface area contributed by atoms with Crippen molar-refractivity contribution in [3.63, 3.8) is 0 Å². The molecule has 0 aliphatic carbocycles. The first-order valence-corrected chi connectivity index (χ1v) is 5.97. The number of nitrogens with zero attached hydrogens (tertiary/aromatic N) is 1. The Bertz CT molecular complexity index is 302. The molecule has 0 fully saturated rings. The van der Waals surface area contributed by atoms with E-state index in [-0.39, 0.29) is 0 Å². The average Bonchev–Trinajstić information content (AvgIpc) is 2.31. The summed E-state index contributed by atoms with van der Waals surface area (Å²) in [7, 11) is 0. The van der Waals surface area contributed by atoms with Gasteiger partial charge in [-0.15, -0.1) is 0 Å². The number of nitrogens with one attached hydrogen (secondary N) is 1. The van der Waals surface area contributed by atoms with Gasteiger partial charge in [0, 0.05) is 17.8 Å². The molecule has 3 heteroatoms. The summed E-state index contributed by atoms with van der Waals surface area (Å²) in [5, 5.41) is 3.41. The Labute approximate surface area is 97.3 Å². The zero-order chi connectivity index (χ0) is 11.8. The minimum Gasteiger partial charge on any atom is -0.367 e. The van der Waals surface area contributed by atoms with Crippen LogP contribution in [0.2, 0.25) is 0 Å². The van der Waals surface area contributed by atoms with Gasteiger partial charge in [0.2, 0.25) is 0 Å². The third kappa shape index (κ3) is 4.01. The number of carbonyl (C=O) groups is 1. The van der Waals surface area contributed by atoms with Crippen LogP contribution in [0.25, 0.3) is 0 Å². The van der Waals surface area contributed by atoms with Gasteiger partial charge in [-0.1, -0.05) is 26.7 Å². The lowest BCUT2D eigenvalue weighted by molar-refractivity contribution is 0.112. The first-order valence-electron chi connectivity index (χ1n) is 5.97. The van der Waals surface area contributed by atoms with E-state index in [1.807, 2.05) is 6.07 Å². The predicted molar refractivity (Wildman–Crippen MR) is 66.9 cm³/mol. The van der Waals surface area contributed by atoms with Crippen LogP contribution in [0, 0.1) is 0 Å². The van der Waals surface area contributed by atoms with Crippen LogP contribution in [0.15, 0.2) is 18.3 Å². The number of pyridine rings is 1. The molecule has 3 nitrogen and oxygen atoms in total. The molecule has 0 saturated carbocycles. The number of anilines is 1. The summed E-state index contributed by atoms with van der Waals surface area (Å²) in [5.41, 5.74) is 0.619. The number of aldehydes is 1. The largest absolute Gasteiger partial charge is 0.367 e. The molecule has 0 radical (unpaired) electrons. The van der Waals surface area contributed by atoms with E-state index in [1.165, 1.54) is 12.8 Å². The normalized spacial score (nSPS) is 10.4. The summed E-state index contributed by atoms with van der Waals surface area (Å²) in [6.07, 6.45) is 7.07. The number of hydrogen-bond donors (Lipinski definition) is 1. The highest BCUT2D eigenvalue weighted by Crippen LogP contribution is 2.12. The molecule has 0 spiro atoms. The number of aromatic nitrogens is 1. The van der Waals surface area contributed by atoms with E-state index >= 15 is 0 Å². The molecule has 88 valence electrons. The van der Waals surface area contributed by atoms with Crippen LogP contribution >= 0.6 is 0 Å². The van der Waals surface area contributed by atoms with E-state index in [9.17, 15) is 4.79 Å². The first-order chi connectivity index (χ1) is 7.80. The number of rotatable bonds is 7. The van der Waals surface area contributed by atoms with E-state index in [2.05, 4.69) is 24.1 Å². The summed E-state index contributed by atoms with van der Waals surface area (Å²) < 4.78 is 0. The molecule has 0 atom stereocenters. The van der Waals surface area contributed by atoms with Crippen LogP contribution in [0.5, 0.6) is 0 Å². The molecule has 0 unspecified atom stereocenters. The molecule has 1 aromatic heterocycles. The standard InChI is InChI=1S/C13H20N2O/c1-3-5-12(6-4-2)15-13-8-7-11(10-16)9-14-13/h7-10,12H,3-6H2,1-2H3,(H,14,15). The number of carbonyl (C=O) groups excluding carboxylic acids is 1. The Morgan fingerprint density at radius 3 is 2.44 bits per heavy atom. The maximum Gasteiger partial charge on any atom is 0.151 e. The van der Waals surface area contributed by atoms with Crippen molar-refractivity contribution < 1.29 is 4.79 Å². The van der Waals surface area contributed by atoms with Crippen molar-refractivity contribution in [2.75, 3.05) is 5.32 Å². The lowest BCUT2D eigenvalue weighted by Gasteiger charge is -2.17. The summed E-state index contributed by atoms with van der Waals surface area (Å²) in [6.45, 7) is 4.38. The van der Waals surface area contributed by atoms with Crippen molar-refractivity contribution in [3.05, 3.63) is 23.9 Å². The molecule has 0 aliphatic rings. The molecule has 0 saturated heterocycles. The molecule has 0 aromatic carbocycles. The summed E-state index contributed by atoms with van der Waals surface area (Å²) in [5.74, 6) is 0.859. The van der Waals surface area contributed by atoms with E-state index in [1.54, 1.807) is 12.3 Å². The molecule has 1 rings (SSSR count). The molecule has 0 bridgehead atoms. The van der Waals surface area contributed by atoms with Gasteiger partial charge in [-0.3, -0.25) is 4.79 Å². The maximum atomic E-state index is 10.5. The van der Waals surface area contributed by atoms with Crippen LogP contribution < -0.4 is 5.32 Å². The van der Waals surface area contributed by atoms with Gasteiger partial charge in [-0.2, -0.15) is 0 Å². The predicted octanol–water partition coefficient (Wildman–Crippen LogP) is 3.27. The summed E-state index contributed by atoms with van der Waals surface area (Å²) >= 11 is 0. The second kappa shape index (κ2) is 6.99. The smallest absolute Gasteiger partial charge is 0.151 e. The quantitative estimate of drug-likeness (QED) is 0.717. The fourth-order valence-corrected chi connectivity index (χ4v) is 1.76. The van der Waals surface area contributed by atoms with Crippen LogP contribution in [0.3, 0.4) is 0 Å². The van der Waals surface area contributed by atoms with Gasteiger partial charge in [0.25, 0.3) is 0 Å².